The topological polar surface area (TPSA) is 58.1 Å². The number of nitrogens with one attached hydrogen (secondary N) is 1. The minimum Gasteiger partial charge on any atom is -0.347 e. The van der Waals surface area contributed by atoms with Crippen LogP contribution >= 0.6 is 0 Å². The fourth-order valence-corrected chi connectivity index (χ4v) is 2.09. The molecule has 0 fully saturated rings. The molecule has 1 amide bonds. The molecule has 2 rings (SSSR count). The van der Waals surface area contributed by atoms with Gasteiger partial charge in [0.15, 0.2) is 0 Å². The highest BCUT2D eigenvalue weighted by Crippen LogP contribution is 2.21. The van der Waals surface area contributed by atoms with Crippen molar-refractivity contribution < 1.29 is 4.79 Å². The Bertz CT molecular complexity index is 657. The highest BCUT2D eigenvalue weighted by Gasteiger charge is 2.14. The van der Waals surface area contributed by atoms with Gasteiger partial charge in [-0.3, -0.25) is 4.79 Å². The molecule has 1 aromatic carbocycles. The van der Waals surface area contributed by atoms with Gasteiger partial charge in [0.25, 0.3) is 5.91 Å². The zero-order valence-corrected chi connectivity index (χ0v) is 13.1. The van der Waals surface area contributed by atoms with Gasteiger partial charge < -0.3 is 10.2 Å². The summed E-state index contributed by atoms with van der Waals surface area (Å²) in [7, 11) is 3.78. The Labute approximate surface area is 125 Å². The third-order valence-corrected chi connectivity index (χ3v) is 3.29. The number of carbonyl (C=O) groups is 1. The van der Waals surface area contributed by atoms with Gasteiger partial charge in [0, 0.05) is 19.7 Å². The van der Waals surface area contributed by atoms with Gasteiger partial charge >= 0.3 is 0 Å². The summed E-state index contributed by atoms with van der Waals surface area (Å²) in [5, 5.41) is 2.92. The number of anilines is 2. The van der Waals surface area contributed by atoms with Crippen molar-refractivity contribution in [2.45, 2.75) is 20.8 Å². The standard InChI is InChI=1S/C16H20N4O/c1-10-8-6-7-9-13(10)15(21)19-14-11(2)17-16(20(4)5)18-12(14)3/h6-9H,1-5H3,(H,19,21). The minimum atomic E-state index is -0.138. The number of hydrogen-bond acceptors (Lipinski definition) is 4. The molecule has 21 heavy (non-hydrogen) atoms. The van der Waals surface area contributed by atoms with Crippen LogP contribution in [0, 0.1) is 20.8 Å². The van der Waals surface area contributed by atoms with Gasteiger partial charge in [0.1, 0.15) is 0 Å². The summed E-state index contributed by atoms with van der Waals surface area (Å²) >= 11 is 0. The summed E-state index contributed by atoms with van der Waals surface area (Å²) in [5.74, 6) is 0.499. The Hall–Kier alpha value is -2.43. The third-order valence-electron chi connectivity index (χ3n) is 3.29. The third kappa shape index (κ3) is 3.18. The van der Waals surface area contributed by atoms with Crippen molar-refractivity contribution in [3.8, 4) is 0 Å². The summed E-state index contributed by atoms with van der Waals surface area (Å²) in [6.07, 6.45) is 0. The first-order valence-electron chi connectivity index (χ1n) is 6.79. The Kier molecular flexibility index (Phi) is 4.21. The molecule has 2 aromatic rings. The van der Waals surface area contributed by atoms with Crippen LogP contribution in [0.3, 0.4) is 0 Å². The Morgan fingerprint density at radius 3 is 2.14 bits per heavy atom. The SMILES string of the molecule is Cc1ccccc1C(=O)Nc1c(C)nc(N(C)C)nc1C. The summed E-state index contributed by atoms with van der Waals surface area (Å²) in [4.78, 5) is 23.0. The van der Waals surface area contributed by atoms with Gasteiger partial charge in [-0.2, -0.15) is 0 Å². The van der Waals surface area contributed by atoms with E-state index in [-0.39, 0.29) is 5.91 Å². The molecular formula is C16H20N4O. The van der Waals surface area contributed by atoms with Gasteiger partial charge in [-0.25, -0.2) is 9.97 Å². The lowest BCUT2D eigenvalue weighted by Crippen LogP contribution is -2.19. The van der Waals surface area contributed by atoms with Crippen LogP contribution in [0.15, 0.2) is 24.3 Å². The van der Waals surface area contributed by atoms with Gasteiger partial charge in [0.05, 0.1) is 17.1 Å². The van der Waals surface area contributed by atoms with Crippen molar-refractivity contribution >= 4 is 17.5 Å². The molecule has 0 aliphatic rings. The molecule has 0 aliphatic carbocycles. The molecule has 0 saturated heterocycles. The molecule has 0 aliphatic heterocycles. The number of hydrogen-bond donors (Lipinski definition) is 1. The van der Waals surface area contributed by atoms with E-state index < -0.39 is 0 Å². The summed E-state index contributed by atoms with van der Waals surface area (Å²) < 4.78 is 0. The highest BCUT2D eigenvalue weighted by molar-refractivity contribution is 6.05. The first-order valence-corrected chi connectivity index (χ1v) is 6.79. The molecule has 1 aromatic heterocycles. The average molecular weight is 284 g/mol. The van der Waals surface area contributed by atoms with E-state index in [1.54, 1.807) is 0 Å². The minimum absolute atomic E-state index is 0.138. The fourth-order valence-electron chi connectivity index (χ4n) is 2.09. The van der Waals surface area contributed by atoms with E-state index in [4.69, 9.17) is 0 Å². The molecule has 1 heterocycles. The second kappa shape index (κ2) is 5.91. The van der Waals surface area contributed by atoms with Crippen LogP contribution < -0.4 is 10.2 Å². The van der Waals surface area contributed by atoms with Crippen LogP contribution in [-0.2, 0) is 0 Å². The van der Waals surface area contributed by atoms with Crippen molar-refractivity contribution in [1.82, 2.24) is 9.97 Å². The lowest BCUT2D eigenvalue weighted by molar-refractivity contribution is 0.102. The van der Waals surface area contributed by atoms with Crippen molar-refractivity contribution in [2.75, 3.05) is 24.3 Å². The van der Waals surface area contributed by atoms with Gasteiger partial charge in [-0.1, -0.05) is 18.2 Å². The van der Waals surface area contributed by atoms with Crippen LogP contribution in [-0.4, -0.2) is 30.0 Å². The van der Waals surface area contributed by atoms with Gasteiger partial charge in [-0.05, 0) is 32.4 Å². The summed E-state index contributed by atoms with van der Waals surface area (Å²) in [6, 6.07) is 7.50. The molecule has 110 valence electrons. The molecule has 0 unspecified atom stereocenters. The van der Waals surface area contributed by atoms with E-state index in [0.717, 1.165) is 17.0 Å². The number of rotatable bonds is 3. The van der Waals surface area contributed by atoms with E-state index in [9.17, 15) is 4.79 Å². The van der Waals surface area contributed by atoms with Crippen molar-refractivity contribution in [1.29, 1.82) is 0 Å². The largest absolute Gasteiger partial charge is 0.347 e. The van der Waals surface area contributed by atoms with Crippen molar-refractivity contribution in [3.05, 3.63) is 46.8 Å². The number of carbonyl (C=O) groups excluding carboxylic acids is 1. The van der Waals surface area contributed by atoms with Crippen LogP contribution in [0.25, 0.3) is 0 Å². The van der Waals surface area contributed by atoms with E-state index in [2.05, 4.69) is 15.3 Å². The molecule has 0 spiro atoms. The molecule has 1 N–H and O–H groups in total. The molecule has 0 atom stereocenters. The molecule has 0 saturated carbocycles. The number of nitrogens with zero attached hydrogens (tertiary/aromatic N) is 3. The summed E-state index contributed by atoms with van der Waals surface area (Å²) in [5.41, 5.74) is 3.79. The average Bonchev–Trinajstić information content (AvgIpc) is 2.42. The second-order valence-corrected chi connectivity index (χ2v) is 5.23. The smallest absolute Gasteiger partial charge is 0.256 e. The van der Waals surface area contributed by atoms with E-state index in [1.807, 2.05) is 64.0 Å². The van der Waals surface area contributed by atoms with Gasteiger partial charge in [0.2, 0.25) is 5.95 Å². The Balaban J connectivity index is 2.32. The Morgan fingerprint density at radius 2 is 1.62 bits per heavy atom. The van der Waals surface area contributed by atoms with Crippen LogP contribution in [0.4, 0.5) is 11.6 Å². The highest BCUT2D eigenvalue weighted by atomic mass is 16.1. The second-order valence-electron chi connectivity index (χ2n) is 5.23. The van der Waals surface area contributed by atoms with E-state index in [1.165, 1.54) is 0 Å². The lowest BCUT2D eigenvalue weighted by Gasteiger charge is -2.16. The maximum Gasteiger partial charge on any atom is 0.256 e. The zero-order valence-electron chi connectivity index (χ0n) is 13.1. The first-order chi connectivity index (χ1) is 9.90. The number of aromatic nitrogens is 2. The lowest BCUT2D eigenvalue weighted by atomic mass is 10.1. The maximum atomic E-state index is 12.4. The summed E-state index contributed by atoms with van der Waals surface area (Å²) in [6.45, 7) is 5.66. The van der Waals surface area contributed by atoms with E-state index in [0.29, 0.717) is 17.2 Å². The molecule has 0 bridgehead atoms. The van der Waals surface area contributed by atoms with Gasteiger partial charge in [-0.15, -0.1) is 0 Å². The van der Waals surface area contributed by atoms with Crippen LogP contribution in [0.1, 0.15) is 27.3 Å². The predicted octanol–water partition coefficient (Wildman–Crippen LogP) is 2.72. The molecule has 5 nitrogen and oxygen atoms in total. The monoisotopic (exact) mass is 284 g/mol. The molecule has 5 heteroatoms. The fraction of sp³-hybridized carbons (Fsp3) is 0.312. The quantitative estimate of drug-likeness (QED) is 0.941. The normalized spacial score (nSPS) is 10.3. The number of amides is 1. The van der Waals surface area contributed by atoms with Crippen LogP contribution in [0.5, 0.6) is 0 Å². The molecule has 0 radical (unpaired) electrons. The first kappa shape index (κ1) is 15.0. The van der Waals surface area contributed by atoms with Crippen molar-refractivity contribution in [3.63, 3.8) is 0 Å². The number of aryl methyl sites for hydroxylation is 3. The zero-order chi connectivity index (χ0) is 15.6. The van der Waals surface area contributed by atoms with E-state index >= 15 is 0 Å². The van der Waals surface area contributed by atoms with Crippen molar-refractivity contribution in [2.24, 2.45) is 0 Å². The predicted molar refractivity (Wildman–Crippen MR) is 85.0 cm³/mol. The number of benzene rings is 1. The maximum absolute atomic E-state index is 12.4. The van der Waals surface area contributed by atoms with Crippen LogP contribution in [0.2, 0.25) is 0 Å². The molecular weight excluding hydrogens is 264 g/mol. The Morgan fingerprint density at radius 1 is 1.05 bits per heavy atom.